The van der Waals surface area contributed by atoms with E-state index >= 15 is 0 Å². The Balaban J connectivity index is 2.37. The number of ether oxygens (including phenoxy) is 1. The van der Waals surface area contributed by atoms with Crippen molar-refractivity contribution < 1.29 is 53.7 Å². The van der Waals surface area contributed by atoms with Gasteiger partial charge in [0.25, 0.3) is 5.91 Å². The van der Waals surface area contributed by atoms with Crippen LogP contribution in [0, 0.1) is 0 Å². The molecule has 17 heteroatoms. The molecule has 0 aliphatic carbocycles. The number of hydroxylamine groups is 2. The second-order valence-electron chi connectivity index (χ2n) is 12.7. The van der Waals surface area contributed by atoms with Crippen molar-refractivity contribution in [1.82, 2.24) is 31.6 Å². The molecule has 292 valence electrons. The molecule has 1 aliphatic rings. The molecule has 0 saturated carbocycles. The SMILES string of the molecule is CC(=O)N[C@@H](CCCN(O)C(=O)/C=C(\C)CCO)C(=O)OCC/C(C)=C/C(=O)NCCC[C@@H]1NC(=O)[C@H](CCCNC(=O)/C=C(\C)CCO)NC1=O. The van der Waals surface area contributed by atoms with Crippen molar-refractivity contribution in [2.75, 3.05) is 39.5 Å². The number of aliphatic hydroxyl groups is 2. The van der Waals surface area contributed by atoms with Crippen LogP contribution in [0.25, 0.3) is 0 Å². The first kappa shape index (κ1) is 45.4. The fraction of sp³-hybridized carbons (Fsp3) is 0.629. The number of aliphatic hydroxyl groups excluding tert-OH is 2. The van der Waals surface area contributed by atoms with Crippen LogP contribution in [-0.2, 0) is 38.3 Å². The summed E-state index contributed by atoms with van der Waals surface area (Å²) < 4.78 is 5.29. The third kappa shape index (κ3) is 19.7. The molecule has 52 heavy (non-hydrogen) atoms. The largest absolute Gasteiger partial charge is 0.464 e. The summed E-state index contributed by atoms with van der Waals surface area (Å²) in [6.45, 7) is 6.58. The number of amides is 6. The smallest absolute Gasteiger partial charge is 0.328 e. The van der Waals surface area contributed by atoms with Crippen molar-refractivity contribution in [3.05, 3.63) is 34.9 Å². The van der Waals surface area contributed by atoms with Crippen LogP contribution in [0.2, 0.25) is 0 Å². The molecule has 0 unspecified atom stereocenters. The lowest BCUT2D eigenvalue weighted by molar-refractivity contribution is -0.159. The van der Waals surface area contributed by atoms with Gasteiger partial charge in [0.2, 0.25) is 29.5 Å². The van der Waals surface area contributed by atoms with E-state index < -0.39 is 35.9 Å². The van der Waals surface area contributed by atoms with E-state index in [1.54, 1.807) is 20.8 Å². The predicted molar refractivity (Wildman–Crippen MR) is 189 cm³/mol. The number of carbonyl (C=O) groups excluding carboxylic acids is 7. The van der Waals surface area contributed by atoms with Gasteiger partial charge in [-0.3, -0.25) is 34.0 Å². The molecule has 1 aliphatic heterocycles. The van der Waals surface area contributed by atoms with Gasteiger partial charge in [0.05, 0.1) is 6.61 Å². The molecule has 3 atom stereocenters. The lowest BCUT2D eigenvalue weighted by Gasteiger charge is -2.29. The summed E-state index contributed by atoms with van der Waals surface area (Å²) in [5.74, 6) is -3.13. The highest BCUT2D eigenvalue weighted by Crippen LogP contribution is 2.09. The van der Waals surface area contributed by atoms with Gasteiger partial charge in [-0.15, -0.1) is 0 Å². The summed E-state index contributed by atoms with van der Waals surface area (Å²) >= 11 is 0. The lowest BCUT2D eigenvalue weighted by Crippen LogP contribution is -2.61. The summed E-state index contributed by atoms with van der Waals surface area (Å²) in [6.07, 6.45) is 6.75. The fourth-order valence-corrected chi connectivity index (χ4v) is 4.98. The van der Waals surface area contributed by atoms with Gasteiger partial charge in [0.1, 0.15) is 18.1 Å². The summed E-state index contributed by atoms with van der Waals surface area (Å²) in [5.41, 5.74) is 1.97. The quantitative estimate of drug-likeness (QED) is 0.0212. The Morgan fingerprint density at radius 1 is 0.769 bits per heavy atom. The number of esters is 1. The minimum absolute atomic E-state index is 0.0395. The van der Waals surface area contributed by atoms with Crippen molar-refractivity contribution in [3.8, 4) is 0 Å². The molecule has 6 amide bonds. The Labute approximate surface area is 304 Å². The first-order chi connectivity index (χ1) is 24.7. The number of hydrogen-bond donors (Lipinski definition) is 8. The first-order valence-electron chi connectivity index (χ1n) is 17.5. The maximum absolute atomic E-state index is 12.6. The first-order valence-corrected chi connectivity index (χ1v) is 17.5. The summed E-state index contributed by atoms with van der Waals surface area (Å²) in [6, 6.07) is -2.44. The van der Waals surface area contributed by atoms with E-state index in [0.29, 0.717) is 61.3 Å². The standard InChI is InChI=1S/C35H56N6O11/c1-23(11-17-42)20-30(45)36-14-5-8-27-33(48)40-28(34(49)39-27)9-6-15-37-31(46)21-25(3)13-19-52-35(50)29(38-26(4)44)10-7-16-41(51)32(47)22-24(2)12-18-43/h20-22,27-29,42-43,51H,5-19H2,1-4H3,(H,36,45)(H,37,46)(H,38,44)(H,39,49)(H,40,48)/b23-20+,24-22+,25-21+/t27-,28-,29-/m0/s1. The van der Waals surface area contributed by atoms with Crippen molar-refractivity contribution in [1.29, 1.82) is 0 Å². The minimum Gasteiger partial charge on any atom is -0.464 e. The van der Waals surface area contributed by atoms with Gasteiger partial charge in [-0.1, -0.05) is 16.7 Å². The number of nitrogens with zero attached hydrogens (tertiary/aromatic N) is 1. The van der Waals surface area contributed by atoms with Crippen molar-refractivity contribution >= 4 is 41.4 Å². The van der Waals surface area contributed by atoms with Gasteiger partial charge < -0.3 is 41.5 Å². The third-order valence-electron chi connectivity index (χ3n) is 7.86. The summed E-state index contributed by atoms with van der Waals surface area (Å²) in [5, 5.41) is 41.6. The predicted octanol–water partition coefficient (Wildman–Crippen LogP) is -0.198. The van der Waals surface area contributed by atoms with Crippen LogP contribution in [0.5, 0.6) is 0 Å². The lowest BCUT2D eigenvalue weighted by atomic mass is 10.0. The van der Waals surface area contributed by atoms with Gasteiger partial charge in [0.15, 0.2) is 0 Å². The Morgan fingerprint density at radius 3 is 1.73 bits per heavy atom. The van der Waals surface area contributed by atoms with Crippen LogP contribution >= 0.6 is 0 Å². The monoisotopic (exact) mass is 736 g/mol. The van der Waals surface area contributed by atoms with Crippen LogP contribution in [0.15, 0.2) is 34.9 Å². The molecule has 0 radical (unpaired) electrons. The number of rotatable bonds is 24. The Bertz CT molecular complexity index is 1330. The molecule has 0 spiro atoms. The third-order valence-corrected chi connectivity index (χ3v) is 7.86. The van der Waals surface area contributed by atoms with E-state index in [1.165, 1.54) is 25.2 Å². The molecule has 17 nitrogen and oxygen atoms in total. The summed E-state index contributed by atoms with van der Waals surface area (Å²) in [7, 11) is 0. The van der Waals surface area contributed by atoms with E-state index in [2.05, 4.69) is 26.6 Å². The highest BCUT2D eigenvalue weighted by Gasteiger charge is 2.32. The number of piperazine rings is 1. The average molecular weight is 737 g/mol. The van der Waals surface area contributed by atoms with Gasteiger partial charge in [0, 0.05) is 64.4 Å². The highest BCUT2D eigenvalue weighted by molar-refractivity contribution is 5.97. The normalized spacial score (nSPS) is 17.0. The van der Waals surface area contributed by atoms with Crippen molar-refractivity contribution in [2.24, 2.45) is 0 Å². The minimum atomic E-state index is -1.00. The molecule has 1 saturated heterocycles. The maximum Gasteiger partial charge on any atom is 0.328 e. The van der Waals surface area contributed by atoms with Crippen LogP contribution in [-0.4, -0.2) is 119 Å². The molecular weight excluding hydrogens is 680 g/mol. The molecule has 0 aromatic carbocycles. The van der Waals surface area contributed by atoms with E-state index in [1.807, 2.05) is 0 Å². The Morgan fingerprint density at radius 2 is 1.25 bits per heavy atom. The zero-order valence-electron chi connectivity index (χ0n) is 30.6. The molecule has 1 fully saturated rings. The maximum atomic E-state index is 12.6. The van der Waals surface area contributed by atoms with Crippen LogP contribution in [0.3, 0.4) is 0 Å². The number of nitrogens with one attached hydrogen (secondary N) is 5. The van der Waals surface area contributed by atoms with E-state index in [9.17, 15) is 38.8 Å². The fourth-order valence-electron chi connectivity index (χ4n) is 4.98. The molecule has 1 heterocycles. The van der Waals surface area contributed by atoms with E-state index in [4.69, 9.17) is 14.9 Å². The Hall–Kier alpha value is -4.61. The average Bonchev–Trinajstić information content (AvgIpc) is 3.06. The molecule has 0 aromatic heterocycles. The molecule has 0 aromatic rings. The molecule has 1 rings (SSSR count). The van der Waals surface area contributed by atoms with Crippen LogP contribution in [0.4, 0.5) is 0 Å². The van der Waals surface area contributed by atoms with E-state index in [0.717, 1.165) is 5.57 Å². The molecule has 0 bridgehead atoms. The van der Waals surface area contributed by atoms with Gasteiger partial charge in [-0.25, -0.2) is 9.86 Å². The summed E-state index contributed by atoms with van der Waals surface area (Å²) in [4.78, 5) is 85.5. The molecular formula is C35H56N6O11. The number of hydrogen-bond acceptors (Lipinski definition) is 11. The second kappa shape index (κ2) is 25.4. The van der Waals surface area contributed by atoms with Gasteiger partial charge in [-0.2, -0.15) is 0 Å². The van der Waals surface area contributed by atoms with Crippen molar-refractivity contribution in [2.45, 2.75) is 104 Å². The van der Waals surface area contributed by atoms with Gasteiger partial charge in [-0.05, 0) is 72.1 Å². The highest BCUT2D eigenvalue weighted by atomic mass is 16.5. The van der Waals surface area contributed by atoms with Gasteiger partial charge >= 0.3 is 5.97 Å². The zero-order valence-corrected chi connectivity index (χ0v) is 30.6. The molecule has 8 N–H and O–H groups in total. The number of carbonyl (C=O) groups is 7. The second-order valence-corrected chi connectivity index (χ2v) is 12.7. The topological polar surface area (TPSA) is 253 Å². The Kier molecular flexibility index (Phi) is 22.1. The van der Waals surface area contributed by atoms with Crippen molar-refractivity contribution in [3.63, 3.8) is 0 Å². The zero-order chi connectivity index (χ0) is 39.1. The van der Waals surface area contributed by atoms with Crippen LogP contribution < -0.4 is 26.6 Å². The van der Waals surface area contributed by atoms with E-state index in [-0.39, 0.29) is 75.8 Å². The van der Waals surface area contributed by atoms with Crippen LogP contribution in [0.1, 0.15) is 85.5 Å².